The molecule has 0 radical (unpaired) electrons. The average molecular weight is 238 g/mol. The molecule has 0 fully saturated rings. The molecule has 1 aromatic rings. The minimum absolute atomic E-state index is 0.622. The Morgan fingerprint density at radius 2 is 1.94 bits per heavy atom. The summed E-state index contributed by atoms with van der Waals surface area (Å²) in [5.41, 5.74) is 0. The van der Waals surface area contributed by atoms with E-state index in [0.717, 1.165) is 18.2 Å². The molecule has 1 atom stereocenters. The van der Waals surface area contributed by atoms with Crippen LogP contribution in [0.2, 0.25) is 0 Å². The highest BCUT2D eigenvalue weighted by molar-refractivity contribution is 4.92. The Balaban J connectivity index is 2.42. The predicted molar refractivity (Wildman–Crippen MR) is 70.8 cm³/mol. The highest BCUT2D eigenvalue weighted by Gasteiger charge is 2.09. The summed E-state index contributed by atoms with van der Waals surface area (Å²) in [7, 11) is 2.02. The fourth-order valence-electron chi connectivity index (χ4n) is 1.99. The molecule has 0 aliphatic rings. The van der Waals surface area contributed by atoms with E-state index in [9.17, 15) is 0 Å². The van der Waals surface area contributed by atoms with Crippen molar-refractivity contribution in [1.82, 2.24) is 20.1 Å². The van der Waals surface area contributed by atoms with Crippen molar-refractivity contribution in [2.24, 2.45) is 7.05 Å². The summed E-state index contributed by atoms with van der Waals surface area (Å²) in [5.74, 6) is 2.00. The molecule has 0 bridgehead atoms. The summed E-state index contributed by atoms with van der Waals surface area (Å²) >= 11 is 0. The lowest BCUT2D eigenvalue weighted by molar-refractivity contribution is 0.425. The average Bonchev–Trinajstić information content (AvgIpc) is 2.64. The molecule has 0 spiro atoms. The van der Waals surface area contributed by atoms with Gasteiger partial charge in [-0.2, -0.15) is 0 Å². The van der Waals surface area contributed by atoms with Gasteiger partial charge >= 0.3 is 0 Å². The zero-order valence-corrected chi connectivity index (χ0v) is 11.7. The molecule has 0 aliphatic heterocycles. The Bertz CT molecular complexity index is 319. The van der Waals surface area contributed by atoms with Crippen LogP contribution in [0.15, 0.2) is 0 Å². The van der Waals surface area contributed by atoms with Crippen molar-refractivity contribution in [2.45, 2.75) is 65.5 Å². The van der Waals surface area contributed by atoms with Gasteiger partial charge in [-0.15, -0.1) is 10.2 Å². The molecule has 0 aromatic carbocycles. The third-order valence-corrected chi connectivity index (χ3v) is 3.27. The van der Waals surface area contributed by atoms with Gasteiger partial charge in [-0.3, -0.25) is 0 Å². The van der Waals surface area contributed by atoms with Crippen LogP contribution in [0.1, 0.15) is 57.6 Å². The van der Waals surface area contributed by atoms with Crippen LogP contribution in [0.5, 0.6) is 0 Å². The van der Waals surface area contributed by atoms with Crippen LogP contribution < -0.4 is 5.32 Å². The van der Waals surface area contributed by atoms with Crippen molar-refractivity contribution in [3.05, 3.63) is 11.6 Å². The van der Waals surface area contributed by atoms with Gasteiger partial charge in [0.2, 0.25) is 0 Å². The van der Waals surface area contributed by atoms with Gasteiger partial charge in [0, 0.05) is 13.1 Å². The second-order valence-corrected chi connectivity index (χ2v) is 4.73. The minimum atomic E-state index is 0.622. The molecular weight excluding hydrogens is 212 g/mol. The number of aromatic nitrogens is 3. The minimum Gasteiger partial charge on any atom is -0.317 e. The monoisotopic (exact) mass is 238 g/mol. The van der Waals surface area contributed by atoms with Gasteiger partial charge in [-0.05, 0) is 19.8 Å². The van der Waals surface area contributed by atoms with Crippen molar-refractivity contribution in [3.63, 3.8) is 0 Å². The third kappa shape index (κ3) is 4.46. The standard InChI is InChI=1S/C13H26N4/c1-5-7-9-12(8-6-2)14-10-13-16-15-11(3)17(13)4/h12,14H,5-10H2,1-4H3. The number of aryl methyl sites for hydroxylation is 1. The first-order valence-corrected chi connectivity index (χ1v) is 6.77. The number of unbranched alkanes of at least 4 members (excludes halogenated alkanes) is 1. The van der Waals surface area contributed by atoms with Gasteiger partial charge in [0.15, 0.2) is 0 Å². The maximum Gasteiger partial charge on any atom is 0.146 e. The Kier molecular flexibility index (Phi) is 6.19. The summed E-state index contributed by atoms with van der Waals surface area (Å²) in [6, 6.07) is 0.622. The summed E-state index contributed by atoms with van der Waals surface area (Å²) < 4.78 is 2.05. The number of hydrogen-bond acceptors (Lipinski definition) is 3. The van der Waals surface area contributed by atoms with E-state index in [1.807, 2.05) is 14.0 Å². The Hall–Kier alpha value is -0.900. The van der Waals surface area contributed by atoms with Crippen LogP contribution in [0, 0.1) is 6.92 Å². The van der Waals surface area contributed by atoms with Crippen molar-refractivity contribution in [1.29, 1.82) is 0 Å². The highest BCUT2D eigenvalue weighted by Crippen LogP contribution is 2.08. The zero-order chi connectivity index (χ0) is 12.7. The normalized spacial score (nSPS) is 12.9. The van der Waals surface area contributed by atoms with E-state index >= 15 is 0 Å². The molecule has 0 saturated heterocycles. The predicted octanol–water partition coefficient (Wildman–Crippen LogP) is 2.57. The second-order valence-electron chi connectivity index (χ2n) is 4.73. The highest BCUT2D eigenvalue weighted by atomic mass is 15.3. The number of nitrogens with zero attached hydrogens (tertiary/aromatic N) is 3. The summed E-state index contributed by atoms with van der Waals surface area (Å²) in [5, 5.41) is 11.9. The van der Waals surface area contributed by atoms with Gasteiger partial charge in [-0.1, -0.05) is 33.1 Å². The van der Waals surface area contributed by atoms with Crippen molar-refractivity contribution < 1.29 is 0 Å². The summed E-state index contributed by atoms with van der Waals surface area (Å²) in [6.45, 7) is 7.30. The summed E-state index contributed by atoms with van der Waals surface area (Å²) in [6.07, 6.45) is 6.32. The molecular formula is C13H26N4. The largest absolute Gasteiger partial charge is 0.317 e. The van der Waals surface area contributed by atoms with Crippen LogP contribution in [-0.4, -0.2) is 20.8 Å². The molecule has 0 aliphatic carbocycles. The molecule has 1 aromatic heterocycles. The van der Waals surface area contributed by atoms with Gasteiger partial charge in [0.25, 0.3) is 0 Å². The first-order chi connectivity index (χ1) is 8.19. The molecule has 4 heteroatoms. The zero-order valence-electron chi connectivity index (χ0n) is 11.7. The van der Waals surface area contributed by atoms with E-state index in [2.05, 4.69) is 33.9 Å². The van der Waals surface area contributed by atoms with Crippen LogP contribution >= 0.6 is 0 Å². The maximum atomic E-state index is 4.18. The number of hydrogen-bond donors (Lipinski definition) is 1. The van der Waals surface area contributed by atoms with E-state index in [1.165, 1.54) is 32.1 Å². The number of nitrogens with one attached hydrogen (secondary N) is 1. The first kappa shape index (κ1) is 14.2. The van der Waals surface area contributed by atoms with Crippen LogP contribution in [0.3, 0.4) is 0 Å². The quantitative estimate of drug-likeness (QED) is 0.757. The third-order valence-electron chi connectivity index (χ3n) is 3.27. The van der Waals surface area contributed by atoms with E-state index < -0.39 is 0 Å². The van der Waals surface area contributed by atoms with Gasteiger partial charge in [0.1, 0.15) is 11.6 Å². The van der Waals surface area contributed by atoms with E-state index in [4.69, 9.17) is 0 Å². The molecule has 1 unspecified atom stereocenters. The molecule has 0 saturated carbocycles. The lowest BCUT2D eigenvalue weighted by Crippen LogP contribution is -2.29. The molecule has 0 amide bonds. The molecule has 4 nitrogen and oxygen atoms in total. The smallest absolute Gasteiger partial charge is 0.146 e. The van der Waals surface area contributed by atoms with Gasteiger partial charge in [-0.25, -0.2) is 0 Å². The lowest BCUT2D eigenvalue weighted by atomic mass is 10.1. The number of rotatable bonds is 8. The fourth-order valence-corrected chi connectivity index (χ4v) is 1.99. The molecule has 17 heavy (non-hydrogen) atoms. The molecule has 1 N–H and O–H groups in total. The molecule has 1 rings (SSSR count). The van der Waals surface area contributed by atoms with Gasteiger partial charge < -0.3 is 9.88 Å². The van der Waals surface area contributed by atoms with E-state index in [0.29, 0.717) is 6.04 Å². The fraction of sp³-hybridized carbons (Fsp3) is 0.846. The van der Waals surface area contributed by atoms with Crippen molar-refractivity contribution in [3.8, 4) is 0 Å². The van der Waals surface area contributed by atoms with Crippen LogP contribution in [0.25, 0.3) is 0 Å². The Labute approximate surface area is 105 Å². The van der Waals surface area contributed by atoms with E-state index in [-0.39, 0.29) is 0 Å². The van der Waals surface area contributed by atoms with Gasteiger partial charge in [0.05, 0.1) is 6.54 Å². The SMILES string of the molecule is CCCCC(CCC)NCc1nnc(C)n1C. The van der Waals surface area contributed by atoms with Crippen molar-refractivity contribution >= 4 is 0 Å². The van der Waals surface area contributed by atoms with Crippen LogP contribution in [0.4, 0.5) is 0 Å². The Morgan fingerprint density at radius 3 is 2.47 bits per heavy atom. The molecule has 1 heterocycles. The Morgan fingerprint density at radius 1 is 1.18 bits per heavy atom. The molecule has 98 valence electrons. The topological polar surface area (TPSA) is 42.7 Å². The lowest BCUT2D eigenvalue weighted by Gasteiger charge is -2.17. The maximum absolute atomic E-state index is 4.18. The van der Waals surface area contributed by atoms with Crippen molar-refractivity contribution in [2.75, 3.05) is 0 Å². The van der Waals surface area contributed by atoms with E-state index in [1.54, 1.807) is 0 Å². The van der Waals surface area contributed by atoms with Crippen LogP contribution in [-0.2, 0) is 13.6 Å². The first-order valence-electron chi connectivity index (χ1n) is 6.77. The second kappa shape index (κ2) is 7.43. The summed E-state index contributed by atoms with van der Waals surface area (Å²) in [4.78, 5) is 0.